The normalized spacial score (nSPS) is 12.6. The van der Waals surface area contributed by atoms with E-state index < -0.39 is 11.9 Å². The van der Waals surface area contributed by atoms with E-state index >= 15 is 0 Å². The highest BCUT2D eigenvalue weighted by Gasteiger charge is 2.26. The van der Waals surface area contributed by atoms with E-state index in [2.05, 4.69) is 21.5 Å². The number of nitrogens with one attached hydrogen (secondary N) is 4. The first-order valence-corrected chi connectivity index (χ1v) is 9.58. The van der Waals surface area contributed by atoms with E-state index in [1.54, 1.807) is 31.4 Å². The minimum absolute atomic E-state index is 0.0161. The van der Waals surface area contributed by atoms with Gasteiger partial charge in [0.2, 0.25) is 0 Å². The number of ether oxygens (including phenoxy) is 2. The lowest BCUT2D eigenvalue weighted by atomic mass is 10.0. The lowest BCUT2D eigenvalue weighted by molar-refractivity contribution is -0.124. The molecular weight excluding hydrogens is 380 g/mol. The van der Waals surface area contributed by atoms with Gasteiger partial charge in [-0.05, 0) is 44.1 Å². The van der Waals surface area contributed by atoms with E-state index in [-0.39, 0.29) is 23.0 Å². The van der Waals surface area contributed by atoms with Crippen molar-refractivity contribution in [2.75, 3.05) is 20.3 Å². The Morgan fingerprint density at radius 2 is 1.79 bits per heavy atom. The standard InChI is InChI=1S/C19H30N4O4S/c1-6-27-15-10-8-7-9-14(15)17(24)21-16(12(2)3)18(25)22-23-19(28)20-13(4)11-26-5/h7-10,12-13,16H,6,11H2,1-5H3,(H,21,24)(H,22,25)(H2,20,23,28)/t13-,16+/m1/s1. The Morgan fingerprint density at radius 3 is 2.39 bits per heavy atom. The Morgan fingerprint density at radius 1 is 1.11 bits per heavy atom. The molecule has 0 aliphatic carbocycles. The number of rotatable bonds is 9. The van der Waals surface area contributed by atoms with Gasteiger partial charge in [-0.25, -0.2) is 0 Å². The Balaban J connectivity index is 2.71. The minimum atomic E-state index is -0.756. The van der Waals surface area contributed by atoms with Crippen molar-refractivity contribution in [1.82, 2.24) is 21.5 Å². The first kappa shape index (κ1) is 23.6. The first-order valence-electron chi connectivity index (χ1n) is 9.18. The number of hydrazine groups is 1. The predicted molar refractivity (Wildman–Crippen MR) is 112 cm³/mol. The molecular formula is C19H30N4O4S. The second-order valence-electron chi connectivity index (χ2n) is 6.57. The van der Waals surface area contributed by atoms with Gasteiger partial charge in [0.25, 0.3) is 11.8 Å². The summed E-state index contributed by atoms with van der Waals surface area (Å²) in [5, 5.41) is 5.99. The molecule has 8 nitrogen and oxygen atoms in total. The third-order valence-electron chi connectivity index (χ3n) is 3.76. The molecule has 0 fully saturated rings. The van der Waals surface area contributed by atoms with Crippen molar-refractivity contribution in [2.24, 2.45) is 5.92 Å². The summed E-state index contributed by atoms with van der Waals surface area (Å²) in [7, 11) is 1.59. The highest BCUT2D eigenvalue weighted by atomic mass is 32.1. The van der Waals surface area contributed by atoms with Crippen LogP contribution in [0.5, 0.6) is 5.75 Å². The Hall–Kier alpha value is -2.39. The quantitative estimate of drug-likeness (QED) is 0.360. The number of hydrogen-bond acceptors (Lipinski definition) is 5. The number of methoxy groups -OCH3 is 1. The fraction of sp³-hybridized carbons (Fsp3) is 0.526. The molecule has 1 aromatic rings. The molecule has 28 heavy (non-hydrogen) atoms. The van der Waals surface area contributed by atoms with Crippen LogP contribution in [0.1, 0.15) is 38.1 Å². The maximum absolute atomic E-state index is 12.7. The molecule has 2 atom stereocenters. The predicted octanol–water partition coefficient (Wildman–Crippen LogP) is 1.37. The Bertz CT molecular complexity index is 669. The lowest BCUT2D eigenvalue weighted by Gasteiger charge is -2.23. The van der Waals surface area contributed by atoms with Crippen LogP contribution in [0.15, 0.2) is 24.3 Å². The zero-order valence-electron chi connectivity index (χ0n) is 17.0. The van der Waals surface area contributed by atoms with Gasteiger partial charge in [0.1, 0.15) is 11.8 Å². The molecule has 0 aromatic heterocycles. The van der Waals surface area contributed by atoms with Crippen LogP contribution in [-0.4, -0.2) is 49.3 Å². The highest BCUT2D eigenvalue weighted by Crippen LogP contribution is 2.18. The molecule has 0 heterocycles. The lowest BCUT2D eigenvalue weighted by Crippen LogP contribution is -2.56. The van der Waals surface area contributed by atoms with Crippen LogP contribution in [0.4, 0.5) is 0 Å². The van der Waals surface area contributed by atoms with Crippen molar-refractivity contribution >= 4 is 29.1 Å². The number of carbonyl (C=O) groups excluding carboxylic acids is 2. The van der Waals surface area contributed by atoms with Crippen molar-refractivity contribution in [3.63, 3.8) is 0 Å². The number of benzene rings is 1. The monoisotopic (exact) mass is 410 g/mol. The average molecular weight is 411 g/mol. The van der Waals surface area contributed by atoms with Gasteiger partial charge in [0.15, 0.2) is 5.11 Å². The number of hydrogen-bond donors (Lipinski definition) is 4. The average Bonchev–Trinajstić information content (AvgIpc) is 2.64. The van der Waals surface area contributed by atoms with Gasteiger partial charge in [-0.1, -0.05) is 26.0 Å². The molecule has 1 aromatic carbocycles. The van der Waals surface area contributed by atoms with Crippen LogP contribution in [-0.2, 0) is 9.53 Å². The van der Waals surface area contributed by atoms with Crippen molar-refractivity contribution in [2.45, 2.75) is 39.8 Å². The fourth-order valence-corrected chi connectivity index (χ4v) is 2.69. The maximum Gasteiger partial charge on any atom is 0.261 e. The summed E-state index contributed by atoms with van der Waals surface area (Å²) in [6.45, 7) is 8.34. The van der Waals surface area contributed by atoms with E-state index in [0.717, 1.165) is 0 Å². The third kappa shape index (κ3) is 7.69. The molecule has 4 N–H and O–H groups in total. The summed E-state index contributed by atoms with van der Waals surface area (Å²) < 4.78 is 10.5. The Kier molecular flexibility index (Phi) is 10.3. The van der Waals surface area contributed by atoms with Crippen molar-refractivity contribution in [1.29, 1.82) is 0 Å². The van der Waals surface area contributed by atoms with Crippen molar-refractivity contribution < 1.29 is 19.1 Å². The van der Waals surface area contributed by atoms with Gasteiger partial charge in [-0.3, -0.25) is 20.4 Å². The summed E-state index contributed by atoms with van der Waals surface area (Å²) in [6, 6.07) is 6.14. The molecule has 2 amide bonds. The summed E-state index contributed by atoms with van der Waals surface area (Å²) in [6.07, 6.45) is 0. The van der Waals surface area contributed by atoms with E-state index in [9.17, 15) is 9.59 Å². The van der Waals surface area contributed by atoms with Crippen molar-refractivity contribution in [3.05, 3.63) is 29.8 Å². The fourth-order valence-electron chi connectivity index (χ4n) is 2.44. The van der Waals surface area contributed by atoms with Gasteiger partial charge < -0.3 is 20.1 Å². The summed E-state index contributed by atoms with van der Waals surface area (Å²) in [5.41, 5.74) is 5.55. The van der Waals surface area contributed by atoms with Crippen LogP contribution in [0.25, 0.3) is 0 Å². The maximum atomic E-state index is 12.7. The van der Waals surface area contributed by atoms with Gasteiger partial charge >= 0.3 is 0 Å². The molecule has 0 saturated heterocycles. The van der Waals surface area contributed by atoms with E-state index in [0.29, 0.717) is 24.5 Å². The number of amides is 2. The van der Waals surface area contributed by atoms with Crippen LogP contribution in [0.3, 0.4) is 0 Å². The second-order valence-corrected chi connectivity index (χ2v) is 6.98. The van der Waals surface area contributed by atoms with Crippen LogP contribution < -0.4 is 26.2 Å². The van der Waals surface area contributed by atoms with E-state index in [4.69, 9.17) is 21.7 Å². The molecule has 0 spiro atoms. The molecule has 0 saturated carbocycles. The number of carbonyl (C=O) groups is 2. The molecule has 0 radical (unpaired) electrons. The van der Waals surface area contributed by atoms with Crippen LogP contribution in [0.2, 0.25) is 0 Å². The number of thiocarbonyl (C=S) groups is 1. The summed E-state index contributed by atoms with van der Waals surface area (Å²) in [4.78, 5) is 25.2. The minimum Gasteiger partial charge on any atom is -0.493 e. The van der Waals surface area contributed by atoms with E-state index in [1.807, 2.05) is 27.7 Å². The molecule has 0 aliphatic rings. The largest absolute Gasteiger partial charge is 0.493 e. The summed E-state index contributed by atoms with van der Waals surface area (Å²) in [5.74, 6) is -0.451. The summed E-state index contributed by atoms with van der Waals surface area (Å²) >= 11 is 5.13. The molecule has 0 bridgehead atoms. The van der Waals surface area contributed by atoms with Crippen LogP contribution in [0, 0.1) is 5.92 Å². The van der Waals surface area contributed by atoms with Gasteiger partial charge in [-0.2, -0.15) is 0 Å². The van der Waals surface area contributed by atoms with Crippen LogP contribution >= 0.6 is 12.2 Å². The molecule has 0 aliphatic heterocycles. The zero-order chi connectivity index (χ0) is 21.1. The van der Waals surface area contributed by atoms with Gasteiger partial charge in [0.05, 0.1) is 18.8 Å². The number of para-hydroxylation sites is 1. The van der Waals surface area contributed by atoms with E-state index in [1.165, 1.54) is 0 Å². The smallest absolute Gasteiger partial charge is 0.261 e. The highest BCUT2D eigenvalue weighted by molar-refractivity contribution is 7.80. The SMILES string of the molecule is CCOc1ccccc1C(=O)N[C@H](C(=O)NNC(=S)N[C@H](C)COC)C(C)C. The van der Waals surface area contributed by atoms with Gasteiger partial charge in [0, 0.05) is 13.2 Å². The van der Waals surface area contributed by atoms with Gasteiger partial charge in [-0.15, -0.1) is 0 Å². The first-order chi connectivity index (χ1) is 13.3. The molecule has 0 unspecified atom stereocenters. The topological polar surface area (TPSA) is 101 Å². The molecule has 156 valence electrons. The molecule has 1 rings (SSSR count). The van der Waals surface area contributed by atoms with Crippen molar-refractivity contribution in [3.8, 4) is 5.75 Å². The second kappa shape index (κ2) is 12.1. The zero-order valence-corrected chi connectivity index (χ0v) is 17.8. The third-order valence-corrected chi connectivity index (χ3v) is 3.98. The Labute approximate surface area is 171 Å². The molecule has 9 heteroatoms.